The highest BCUT2D eigenvalue weighted by molar-refractivity contribution is 4.83. The molecule has 0 saturated heterocycles. The highest BCUT2D eigenvalue weighted by Crippen LogP contribution is 2.06. The first-order chi connectivity index (χ1) is 8.16. The molecule has 1 rings (SSSR count). The van der Waals surface area contributed by atoms with Gasteiger partial charge in [-0.15, -0.1) is 0 Å². The van der Waals surface area contributed by atoms with E-state index in [1.54, 1.807) is 4.57 Å². The molecule has 0 radical (unpaired) electrons. The molecule has 0 fully saturated rings. The van der Waals surface area contributed by atoms with Gasteiger partial charge in [0.15, 0.2) is 0 Å². The van der Waals surface area contributed by atoms with Gasteiger partial charge in [0.05, 0.1) is 0 Å². The minimum atomic E-state index is 0.133. The molecule has 0 aromatic carbocycles. The predicted octanol–water partition coefficient (Wildman–Crippen LogP) is 3.59. The Kier molecular flexibility index (Phi) is 6.09. The molecule has 0 atom stereocenters. The molecule has 0 aliphatic carbocycles. The Hall–Kier alpha value is -0.990. The minimum absolute atomic E-state index is 0.133. The van der Waals surface area contributed by atoms with Gasteiger partial charge in [-0.05, 0) is 20.3 Å². The van der Waals surface area contributed by atoms with Crippen LogP contribution in [0.2, 0.25) is 0 Å². The van der Waals surface area contributed by atoms with E-state index in [1.165, 1.54) is 32.1 Å². The largest absolute Gasteiger partial charge is 0.328 e. The molecule has 0 aliphatic heterocycles. The smallest absolute Gasteiger partial charge is 0.299 e. The number of imidazole rings is 1. The summed E-state index contributed by atoms with van der Waals surface area (Å²) in [5, 5.41) is 0. The van der Waals surface area contributed by atoms with Gasteiger partial charge in [-0.2, -0.15) is 0 Å². The van der Waals surface area contributed by atoms with Crippen molar-refractivity contribution in [1.29, 1.82) is 0 Å². The predicted molar refractivity (Wildman–Crippen MR) is 72.5 cm³/mol. The maximum absolute atomic E-state index is 11.9. The number of hydrogen-bond donors (Lipinski definition) is 0. The van der Waals surface area contributed by atoms with E-state index in [0.717, 1.165) is 13.0 Å². The molecule has 1 aromatic heterocycles. The van der Waals surface area contributed by atoms with Crippen LogP contribution in [0, 0.1) is 0 Å². The molecule has 0 amide bonds. The van der Waals surface area contributed by atoms with Crippen LogP contribution in [0.4, 0.5) is 0 Å². The average Bonchev–Trinajstić information content (AvgIpc) is 2.65. The van der Waals surface area contributed by atoms with E-state index in [2.05, 4.69) is 6.92 Å². The molecule has 1 aromatic rings. The third-order valence-electron chi connectivity index (χ3n) is 3.18. The van der Waals surface area contributed by atoms with Crippen molar-refractivity contribution in [2.75, 3.05) is 0 Å². The summed E-state index contributed by atoms with van der Waals surface area (Å²) in [6.07, 6.45) is 11.4. The molecule has 98 valence electrons. The highest BCUT2D eigenvalue weighted by atomic mass is 16.1. The fraction of sp³-hybridized carbons (Fsp3) is 0.786. The normalized spacial score (nSPS) is 11.3. The van der Waals surface area contributed by atoms with Crippen LogP contribution in [-0.4, -0.2) is 9.13 Å². The van der Waals surface area contributed by atoms with Crippen molar-refractivity contribution < 1.29 is 0 Å². The van der Waals surface area contributed by atoms with Gasteiger partial charge >= 0.3 is 5.69 Å². The summed E-state index contributed by atoms with van der Waals surface area (Å²) in [4.78, 5) is 11.9. The van der Waals surface area contributed by atoms with E-state index < -0.39 is 0 Å². The van der Waals surface area contributed by atoms with Gasteiger partial charge in [0.25, 0.3) is 0 Å². The summed E-state index contributed by atoms with van der Waals surface area (Å²) in [6.45, 7) is 7.17. The van der Waals surface area contributed by atoms with Crippen molar-refractivity contribution >= 4 is 0 Å². The fourth-order valence-corrected chi connectivity index (χ4v) is 2.05. The molecule has 0 aliphatic rings. The van der Waals surface area contributed by atoms with E-state index in [-0.39, 0.29) is 11.7 Å². The first kappa shape index (κ1) is 14.1. The van der Waals surface area contributed by atoms with Crippen LogP contribution in [0.1, 0.15) is 65.3 Å². The molecular formula is C14H26N2O. The Morgan fingerprint density at radius 3 is 2.29 bits per heavy atom. The number of aromatic nitrogens is 2. The van der Waals surface area contributed by atoms with Crippen molar-refractivity contribution in [2.45, 2.75) is 71.9 Å². The zero-order valence-corrected chi connectivity index (χ0v) is 11.5. The van der Waals surface area contributed by atoms with Gasteiger partial charge in [-0.25, -0.2) is 4.79 Å². The second kappa shape index (κ2) is 7.36. The van der Waals surface area contributed by atoms with Gasteiger partial charge in [0.2, 0.25) is 0 Å². The summed E-state index contributed by atoms with van der Waals surface area (Å²) in [7, 11) is 0. The molecule has 3 heteroatoms. The number of rotatable bonds is 8. The standard InChI is InChI=1S/C14H26N2O/c1-4-5-6-7-8-9-10-15-11-12-16(13(2)3)14(15)17/h11-13H,4-10H2,1-3H3. The van der Waals surface area contributed by atoms with Crippen LogP contribution < -0.4 is 5.69 Å². The van der Waals surface area contributed by atoms with E-state index in [4.69, 9.17) is 0 Å². The van der Waals surface area contributed by atoms with Gasteiger partial charge in [0, 0.05) is 25.0 Å². The first-order valence-corrected chi connectivity index (χ1v) is 6.94. The maximum atomic E-state index is 11.9. The Morgan fingerprint density at radius 1 is 1.06 bits per heavy atom. The summed E-state index contributed by atoms with van der Waals surface area (Å²) in [5.74, 6) is 0. The number of aryl methyl sites for hydroxylation is 1. The van der Waals surface area contributed by atoms with Crippen LogP contribution in [0.25, 0.3) is 0 Å². The summed E-state index contributed by atoms with van der Waals surface area (Å²) in [5.41, 5.74) is 0.133. The third-order valence-corrected chi connectivity index (χ3v) is 3.18. The van der Waals surface area contributed by atoms with E-state index in [0.29, 0.717) is 0 Å². The molecule has 0 N–H and O–H groups in total. The second-order valence-electron chi connectivity index (χ2n) is 5.04. The summed E-state index contributed by atoms with van der Waals surface area (Å²) >= 11 is 0. The van der Waals surface area contributed by atoms with Gasteiger partial charge in [0.1, 0.15) is 0 Å². The Labute approximate surface area is 104 Å². The van der Waals surface area contributed by atoms with E-state index in [1.807, 2.05) is 30.8 Å². The second-order valence-corrected chi connectivity index (χ2v) is 5.04. The zero-order chi connectivity index (χ0) is 12.7. The third kappa shape index (κ3) is 4.41. The Balaban J connectivity index is 2.30. The average molecular weight is 238 g/mol. The van der Waals surface area contributed by atoms with Crippen LogP contribution in [0.15, 0.2) is 17.2 Å². The van der Waals surface area contributed by atoms with Gasteiger partial charge in [-0.3, -0.25) is 9.13 Å². The van der Waals surface area contributed by atoms with Crippen LogP contribution >= 0.6 is 0 Å². The molecule has 3 nitrogen and oxygen atoms in total. The zero-order valence-electron chi connectivity index (χ0n) is 11.5. The minimum Gasteiger partial charge on any atom is -0.299 e. The molecule has 0 spiro atoms. The maximum Gasteiger partial charge on any atom is 0.328 e. The van der Waals surface area contributed by atoms with Crippen LogP contribution in [0.3, 0.4) is 0 Å². The molecule has 17 heavy (non-hydrogen) atoms. The molecule has 0 bridgehead atoms. The SMILES string of the molecule is CCCCCCCCn1ccn(C(C)C)c1=O. The summed E-state index contributed by atoms with van der Waals surface area (Å²) < 4.78 is 3.62. The molecule has 1 heterocycles. The lowest BCUT2D eigenvalue weighted by Crippen LogP contribution is -2.25. The summed E-state index contributed by atoms with van der Waals surface area (Å²) in [6, 6.07) is 0.258. The molecule has 0 saturated carbocycles. The number of hydrogen-bond acceptors (Lipinski definition) is 1. The van der Waals surface area contributed by atoms with Crippen molar-refractivity contribution in [3.05, 3.63) is 22.9 Å². The number of nitrogens with zero attached hydrogens (tertiary/aromatic N) is 2. The molecule has 0 unspecified atom stereocenters. The Bertz CT molecular complexity index is 363. The lowest BCUT2D eigenvalue weighted by atomic mass is 10.1. The monoisotopic (exact) mass is 238 g/mol. The lowest BCUT2D eigenvalue weighted by molar-refractivity contribution is 0.521. The highest BCUT2D eigenvalue weighted by Gasteiger charge is 2.05. The van der Waals surface area contributed by atoms with Crippen LogP contribution in [-0.2, 0) is 6.54 Å². The lowest BCUT2D eigenvalue weighted by Gasteiger charge is -2.05. The number of unbranched alkanes of at least 4 members (excludes halogenated alkanes) is 5. The first-order valence-electron chi connectivity index (χ1n) is 6.94. The van der Waals surface area contributed by atoms with Crippen molar-refractivity contribution in [2.24, 2.45) is 0 Å². The van der Waals surface area contributed by atoms with Gasteiger partial charge < -0.3 is 0 Å². The fourth-order valence-electron chi connectivity index (χ4n) is 2.05. The Morgan fingerprint density at radius 2 is 1.71 bits per heavy atom. The topological polar surface area (TPSA) is 26.9 Å². The van der Waals surface area contributed by atoms with Crippen LogP contribution in [0.5, 0.6) is 0 Å². The van der Waals surface area contributed by atoms with Crippen molar-refractivity contribution in [3.8, 4) is 0 Å². The molecular weight excluding hydrogens is 212 g/mol. The van der Waals surface area contributed by atoms with Crippen molar-refractivity contribution in [3.63, 3.8) is 0 Å². The quantitative estimate of drug-likeness (QED) is 0.636. The van der Waals surface area contributed by atoms with E-state index in [9.17, 15) is 4.79 Å². The van der Waals surface area contributed by atoms with E-state index >= 15 is 0 Å². The van der Waals surface area contributed by atoms with Crippen molar-refractivity contribution in [1.82, 2.24) is 9.13 Å². The van der Waals surface area contributed by atoms with Gasteiger partial charge in [-0.1, -0.05) is 39.0 Å².